The smallest absolute Gasteiger partial charge is 0.407 e. The number of benzene rings is 1. The van der Waals surface area contributed by atoms with E-state index in [0.29, 0.717) is 18.1 Å². The number of fused-ring (bicyclic) bond motifs is 1. The van der Waals surface area contributed by atoms with E-state index < -0.39 is 6.09 Å². The molecule has 0 saturated carbocycles. The van der Waals surface area contributed by atoms with Crippen LogP contribution in [0.2, 0.25) is 5.02 Å². The zero-order valence-corrected chi connectivity index (χ0v) is 11.5. The van der Waals surface area contributed by atoms with Gasteiger partial charge in [-0.25, -0.2) is 14.8 Å². The number of hydrogen-bond acceptors (Lipinski definition) is 3. The fourth-order valence-electron chi connectivity index (χ4n) is 2.72. The van der Waals surface area contributed by atoms with Gasteiger partial charge in [0.15, 0.2) is 0 Å². The van der Waals surface area contributed by atoms with Gasteiger partial charge in [0.1, 0.15) is 6.33 Å². The van der Waals surface area contributed by atoms with Crippen molar-refractivity contribution >= 4 is 28.6 Å². The van der Waals surface area contributed by atoms with Gasteiger partial charge >= 0.3 is 6.09 Å². The summed E-state index contributed by atoms with van der Waals surface area (Å²) in [6.07, 6.45) is 2.29. The number of piperidine rings is 1. The molecule has 6 heteroatoms. The molecule has 1 amide bonds. The van der Waals surface area contributed by atoms with Gasteiger partial charge < -0.3 is 10.0 Å². The zero-order valence-electron chi connectivity index (χ0n) is 10.8. The molecule has 20 heavy (non-hydrogen) atoms. The van der Waals surface area contributed by atoms with Gasteiger partial charge in [-0.15, -0.1) is 0 Å². The molecule has 0 unspecified atom stereocenters. The highest BCUT2D eigenvalue weighted by atomic mass is 35.5. The first kappa shape index (κ1) is 13.1. The molecule has 2 aromatic rings. The fraction of sp³-hybridized carbons (Fsp3) is 0.357. The van der Waals surface area contributed by atoms with Gasteiger partial charge in [0.2, 0.25) is 0 Å². The molecule has 1 N–H and O–H groups in total. The molecule has 0 bridgehead atoms. The van der Waals surface area contributed by atoms with E-state index in [4.69, 9.17) is 16.7 Å². The minimum absolute atomic E-state index is 0.275. The summed E-state index contributed by atoms with van der Waals surface area (Å²) in [5.74, 6) is 0.275. The minimum Gasteiger partial charge on any atom is -0.465 e. The first-order valence-electron chi connectivity index (χ1n) is 6.53. The molecule has 0 spiro atoms. The number of rotatable bonds is 1. The molecule has 1 fully saturated rings. The van der Waals surface area contributed by atoms with Crippen LogP contribution in [0.1, 0.15) is 24.5 Å². The maximum absolute atomic E-state index is 10.9. The molecule has 1 aromatic heterocycles. The number of carbonyl (C=O) groups is 1. The Morgan fingerprint density at radius 1 is 1.30 bits per heavy atom. The van der Waals surface area contributed by atoms with Crippen LogP contribution in [0.4, 0.5) is 4.79 Å². The van der Waals surface area contributed by atoms with Gasteiger partial charge in [-0.3, -0.25) is 0 Å². The summed E-state index contributed by atoms with van der Waals surface area (Å²) in [4.78, 5) is 21.0. The lowest BCUT2D eigenvalue weighted by Gasteiger charge is -2.30. The Hall–Kier alpha value is -1.88. The highest BCUT2D eigenvalue weighted by Crippen LogP contribution is 2.31. The highest BCUT2D eigenvalue weighted by Gasteiger charge is 2.25. The van der Waals surface area contributed by atoms with Crippen LogP contribution in [0.15, 0.2) is 24.5 Å². The lowest BCUT2D eigenvalue weighted by molar-refractivity contribution is 0.132. The number of amides is 1. The normalized spacial score (nSPS) is 16.6. The van der Waals surface area contributed by atoms with E-state index in [2.05, 4.69) is 9.97 Å². The highest BCUT2D eigenvalue weighted by molar-refractivity contribution is 6.31. The Kier molecular flexibility index (Phi) is 3.44. The molecule has 1 aliphatic rings. The molecule has 1 aliphatic heterocycles. The molecule has 0 radical (unpaired) electrons. The molecule has 0 atom stereocenters. The van der Waals surface area contributed by atoms with Crippen molar-refractivity contribution in [3.05, 3.63) is 35.2 Å². The van der Waals surface area contributed by atoms with Crippen LogP contribution < -0.4 is 0 Å². The average Bonchev–Trinajstić information content (AvgIpc) is 2.46. The molecular formula is C14H14ClN3O2. The van der Waals surface area contributed by atoms with Crippen LogP contribution in [-0.2, 0) is 0 Å². The quantitative estimate of drug-likeness (QED) is 0.876. The van der Waals surface area contributed by atoms with E-state index in [-0.39, 0.29) is 5.92 Å². The van der Waals surface area contributed by atoms with Crippen molar-refractivity contribution in [1.29, 1.82) is 0 Å². The van der Waals surface area contributed by atoms with Crippen molar-refractivity contribution in [2.45, 2.75) is 18.8 Å². The van der Waals surface area contributed by atoms with Crippen molar-refractivity contribution in [2.24, 2.45) is 0 Å². The second-order valence-electron chi connectivity index (χ2n) is 4.96. The zero-order chi connectivity index (χ0) is 14.1. The van der Waals surface area contributed by atoms with Crippen molar-refractivity contribution in [2.75, 3.05) is 13.1 Å². The van der Waals surface area contributed by atoms with Gasteiger partial charge in [0.05, 0.1) is 11.2 Å². The van der Waals surface area contributed by atoms with Crippen molar-refractivity contribution < 1.29 is 9.90 Å². The van der Waals surface area contributed by atoms with E-state index in [9.17, 15) is 4.79 Å². The predicted octanol–water partition coefficient (Wildman–Crippen LogP) is 3.14. The lowest BCUT2D eigenvalue weighted by atomic mass is 9.91. The Morgan fingerprint density at radius 3 is 2.75 bits per heavy atom. The maximum atomic E-state index is 10.9. The third-order valence-electron chi connectivity index (χ3n) is 3.78. The fourth-order valence-corrected chi connectivity index (χ4v) is 2.89. The Labute approximate surface area is 121 Å². The summed E-state index contributed by atoms with van der Waals surface area (Å²) in [5.41, 5.74) is 1.83. The molecule has 3 rings (SSSR count). The molecule has 2 heterocycles. The number of likely N-dealkylation sites (tertiary alicyclic amines) is 1. The maximum Gasteiger partial charge on any atom is 0.407 e. The summed E-state index contributed by atoms with van der Waals surface area (Å²) in [5, 5.41) is 10.6. The monoisotopic (exact) mass is 291 g/mol. The molecule has 1 aromatic carbocycles. The van der Waals surface area contributed by atoms with Crippen molar-refractivity contribution in [1.82, 2.24) is 14.9 Å². The SMILES string of the molecule is O=C(O)N1CCC(c2ncnc3cc(Cl)ccc23)CC1. The third kappa shape index (κ3) is 2.41. The topological polar surface area (TPSA) is 66.3 Å². The van der Waals surface area contributed by atoms with Crippen LogP contribution in [-0.4, -0.2) is 39.2 Å². The predicted molar refractivity (Wildman–Crippen MR) is 76.1 cm³/mol. The van der Waals surface area contributed by atoms with Crippen LogP contribution in [0.25, 0.3) is 10.9 Å². The average molecular weight is 292 g/mol. The van der Waals surface area contributed by atoms with E-state index in [0.717, 1.165) is 29.4 Å². The second kappa shape index (κ2) is 5.25. The van der Waals surface area contributed by atoms with E-state index >= 15 is 0 Å². The van der Waals surface area contributed by atoms with Gasteiger partial charge in [-0.05, 0) is 31.0 Å². The first-order valence-corrected chi connectivity index (χ1v) is 6.91. The summed E-state index contributed by atoms with van der Waals surface area (Å²) in [6.45, 7) is 1.11. The molecule has 0 aliphatic carbocycles. The second-order valence-corrected chi connectivity index (χ2v) is 5.40. The number of hydrogen-bond donors (Lipinski definition) is 1. The van der Waals surface area contributed by atoms with Gasteiger partial charge in [0, 0.05) is 29.4 Å². The van der Waals surface area contributed by atoms with E-state index in [1.807, 2.05) is 18.2 Å². The third-order valence-corrected chi connectivity index (χ3v) is 4.02. The molecular weight excluding hydrogens is 278 g/mol. The largest absolute Gasteiger partial charge is 0.465 e. The number of nitrogens with zero attached hydrogens (tertiary/aromatic N) is 3. The number of aromatic nitrogens is 2. The van der Waals surface area contributed by atoms with Gasteiger partial charge in [0.25, 0.3) is 0 Å². The lowest BCUT2D eigenvalue weighted by Crippen LogP contribution is -2.37. The van der Waals surface area contributed by atoms with Crippen LogP contribution >= 0.6 is 11.6 Å². The summed E-state index contributed by atoms with van der Waals surface area (Å²) in [6, 6.07) is 5.61. The molecule has 1 saturated heterocycles. The van der Waals surface area contributed by atoms with Gasteiger partial charge in [-0.1, -0.05) is 11.6 Å². The van der Waals surface area contributed by atoms with E-state index in [1.165, 1.54) is 4.90 Å². The van der Waals surface area contributed by atoms with Crippen molar-refractivity contribution in [3.63, 3.8) is 0 Å². The molecule has 5 nitrogen and oxygen atoms in total. The first-order chi connectivity index (χ1) is 9.65. The standard InChI is InChI=1S/C14H14ClN3O2/c15-10-1-2-11-12(7-10)16-8-17-13(11)9-3-5-18(6-4-9)14(19)20/h1-2,7-9H,3-6H2,(H,19,20). The number of carboxylic acid groups (broad SMARTS) is 1. The Balaban J connectivity index is 1.90. The summed E-state index contributed by atoms with van der Waals surface area (Å²) < 4.78 is 0. The minimum atomic E-state index is -0.845. The van der Waals surface area contributed by atoms with Gasteiger partial charge in [-0.2, -0.15) is 0 Å². The Morgan fingerprint density at radius 2 is 2.05 bits per heavy atom. The number of halogens is 1. The van der Waals surface area contributed by atoms with Crippen LogP contribution in [0.5, 0.6) is 0 Å². The Bertz CT molecular complexity index is 654. The van der Waals surface area contributed by atoms with Crippen molar-refractivity contribution in [3.8, 4) is 0 Å². The van der Waals surface area contributed by atoms with E-state index in [1.54, 1.807) is 6.33 Å². The van der Waals surface area contributed by atoms with Crippen LogP contribution in [0, 0.1) is 0 Å². The molecule has 104 valence electrons. The summed E-state index contributed by atoms with van der Waals surface area (Å²) >= 11 is 5.98. The summed E-state index contributed by atoms with van der Waals surface area (Å²) in [7, 11) is 0. The van der Waals surface area contributed by atoms with Crippen LogP contribution in [0.3, 0.4) is 0 Å².